The lowest BCUT2D eigenvalue weighted by Gasteiger charge is -2.26. The Morgan fingerprint density at radius 1 is 1.21 bits per heavy atom. The van der Waals surface area contributed by atoms with Gasteiger partial charge in [-0.15, -0.1) is 0 Å². The van der Waals surface area contributed by atoms with E-state index in [9.17, 15) is 0 Å². The van der Waals surface area contributed by atoms with Crippen LogP contribution in [0.2, 0.25) is 0 Å². The van der Waals surface area contributed by atoms with E-state index in [1.165, 1.54) is 18.5 Å². The third-order valence-corrected chi connectivity index (χ3v) is 3.90. The SMILES string of the molecule is Brc1cccc(CCNCCCN2CCOCC2)c1. The van der Waals surface area contributed by atoms with Crippen LogP contribution >= 0.6 is 15.9 Å². The Morgan fingerprint density at radius 3 is 2.84 bits per heavy atom. The first-order valence-electron chi connectivity index (χ1n) is 7.10. The lowest BCUT2D eigenvalue weighted by molar-refractivity contribution is 0.0375. The van der Waals surface area contributed by atoms with Crippen molar-refractivity contribution in [1.82, 2.24) is 10.2 Å². The van der Waals surface area contributed by atoms with Gasteiger partial charge in [0.1, 0.15) is 0 Å². The van der Waals surface area contributed by atoms with Crippen LogP contribution in [0, 0.1) is 0 Å². The van der Waals surface area contributed by atoms with E-state index in [1.54, 1.807) is 0 Å². The van der Waals surface area contributed by atoms with Crippen LogP contribution in [0.25, 0.3) is 0 Å². The van der Waals surface area contributed by atoms with E-state index < -0.39 is 0 Å². The number of nitrogens with one attached hydrogen (secondary N) is 1. The molecular weight excluding hydrogens is 304 g/mol. The minimum atomic E-state index is 0.899. The Hall–Kier alpha value is -0.420. The van der Waals surface area contributed by atoms with Gasteiger partial charge in [-0.2, -0.15) is 0 Å². The smallest absolute Gasteiger partial charge is 0.0594 e. The maximum atomic E-state index is 5.34. The molecule has 1 saturated heterocycles. The van der Waals surface area contributed by atoms with Crippen LogP contribution in [0.5, 0.6) is 0 Å². The summed E-state index contributed by atoms with van der Waals surface area (Å²) in [5.41, 5.74) is 1.38. The lowest BCUT2D eigenvalue weighted by atomic mass is 10.1. The van der Waals surface area contributed by atoms with Crippen LogP contribution < -0.4 is 5.32 Å². The van der Waals surface area contributed by atoms with Crippen molar-refractivity contribution < 1.29 is 4.74 Å². The normalized spacial score (nSPS) is 16.7. The lowest BCUT2D eigenvalue weighted by Crippen LogP contribution is -2.37. The van der Waals surface area contributed by atoms with Gasteiger partial charge in [-0.1, -0.05) is 28.1 Å². The Kier molecular flexibility index (Phi) is 6.85. The largest absolute Gasteiger partial charge is 0.379 e. The fourth-order valence-electron chi connectivity index (χ4n) is 2.30. The predicted molar refractivity (Wildman–Crippen MR) is 82.6 cm³/mol. The zero-order chi connectivity index (χ0) is 13.3. The summed E-state index contributed by atoms with van der Waals surface area (Å²) in [6.45, 7) is 7.33. The second-order valence-corrected chi connectivity index (χ2v) is 5.85. The fraction of sp³-hybridized carbons (Fsp3) is 0.600. The van der Waals surface area contributed by atoms with Crippen molar-refractivity contribution in [3.8, 4) is 0 Å². The van der Waals surface area contributed by atoms with E-state index in [1.807, 2.05) is 0 Å². The van der Waals surface area contributed by atoms with E-state index in [0.717, 1.165) is 50.3 Å². The molecule has 2 rings (SSSR count). The molecule has 1 fully saturated rings. The highest BCUT2D eigenvalue weighted by Crippen LogP contribution is 2.11. The third-order valence-electron chi connectivity index (χ3n) is 3.41. The van der Waals surface area contributed by atoms with Crippen molar-refractivity contribution in [3.63, 3.8) is 0 Å². The van der Waals surface area contributed by atoms with Crippen LogP contribution in [0.3, 0.4) is 0 Å². The zero-order valence-corrected chi connectivity index (χ0v) is 13.0. The Morgan fingerprint density at radius 2 is 2.05 bits per heavy atom. The average molecular weight is 327 g/mol. The van der Waals surface area contributed by atoms with E-state index in [-0.39, 0.29) is 0 Å². The van der Waals surface area contributed by atoms with Gasteiger partial charge in [-0.25, -0.2) is 0 Å². The Labute approximate surface area is 124 Å². The fourth-order valence-corrected chi connectivity index (χ4v) is 2.75. The molecule has 1 N–H and O–H groups in total. The van der Waals surface area contributed by atoms with Crippen LogP contribution in [-0.4, -0.2) is 50.8 Å². The highest BCUT2D eigenvalue weighted by Gasteiger charge is 2.08. The molecule has 1 aliphatic heterocycles. The van der Waals surface area contributed by atoms with Crippen LogP contribution in [0.4, 0.5) is 0 Å². The van der Waals surface area contributed by atoms with Crippen molar-refractivity contribution >= 4 is 15.9 Å². The molecule has 106 valence electrons. The highest BCUT2D eigenvalue weighted by atomic mass is 79.9. The molecule has 0 saturated carbocycles. The Balaban J connectivity index is 1.50. The van der Waals surface area contributed by atoms with Crippen LogP contribution in [0.1, 0.15) is 12.0 Å². The molecule has 0 aliphatic carbocycles. The Bertz CT molecular complexity index is 367. The van der Waals surface area contributed by atoms with Gasteiger partial charge in [-0.3, -0.25) is 4.90 Å². The molecule has 1 aliphatic rings. The number of halogens is 1. The molecule has 0 radical (unpaired) electrons. The van der Waals surface area contributed by atoms with Crippen molar-refractivity contribution in [3.05, 3.63) is 34.3 Å². The number of rotatable bonds is 7. The maximum Gasteiger partial charge on any atom is 0.0594 e. The summed E-state index contributed by atoms with van der Waals surface area (Å²) >= 11 is 3.50. The second-order valence-electron chi connectivity index (χ2n) is 4.94. The summed E-state index contributed by atoms with van der Waals surface area (Å²) in [7, 11) is 0. The van der Waals surface area contributed by atoms with Gasteiger partial charge in [0.2, 0.25) is 0 Å². The maximum absolute atomic E-state index is 5.34. The van der Waals surface area contributed by atoms with Crippen molar-refractivity contribution in [1.29, 1.82) is 0 Å². The van der Waals surface area contributed by atoms with Crippen LogP contribution in [0.15, 0.2) is 28.7 Å². The molecule has 1 aromatic carbocycles. The van der Waals surface area contributed by atoms with E-state index in [2.05, 4.69) is 50.4 Å². The average Bonchev–Trinajstić information content (AvgIpc) is 2.44. The van der Waals surface area contributed by atoms with Crippen molar-refractivity contribution in [2.75, 3.05) is 45.9 Å². The van der Waals surface area contributed by atoms with E-state index >= 15 is 0 Å². The quantitative estimate of drug-likeness (QED) is 0.778. The van der Waals surface area contributed by atoms with Crippen molar-refractivity contribution in [2.24, 2.45) is 0 Å². The molecule has 0 atom stereocenters. The third kappa shape index (κ3) is 6.04. The molecule has 4 heteroatoms. The van der Waals surface area contributed by atoms with Gasteiger partial charge in [0, 0.05) is 17.6 Å². The van der Waals surface area contributed by atoms with E-state index in [0.29, 0.717) is 0 Å². The summed E-state index contributed by atoms with van der Waals surface area (Å²) in [4.78, 5) is 2.49. The highest BCUT2D eigenvalue weighted by molar-refractivity contribution is 9.10. The van der Waals surface area contributed by atoms with Gasteiger partial charge in [0.25, 0.3) is 0 Å². The van der Waals surface area contributed by atoms with Crippen molar-refractivity contribution in [2.45, 2.75) is 12.8 Å². The van der Waals surface area contributed by atoms with Gasteiger partial charge < -0.3 is 10.1 Å². The molecule has 19 heavy (non-hydrogen) atoms. The number of hydrogen-bond donors (Lipinski definition) is 1. The predicted octanol–water partition coefficient (Wildman–Crippen LogP) is 2.30. The van der Waals surface area contributed by atoms with Gasteiger partial charge in [0.05, 0.1) is 13.2 Å². The number of morpholine rings is 1. The minimum absolute atomic E-state index is 0.899. The summed E-state index contributed by atoms with van der Waals surface area (Å²) in [5.74, 6) is 0. The number of ether oxygens (including phenoxy) is 1. The van der Waals surface area contributed by atoms with Crippen LogP contribution in [-0.2, 0) is 11.2 Å². The molecule has 1 heterocycles. The molecule has 0 unspecified atom stereocenters. The first kappa shape index (κ1) is 15.0. The second kappa shape index (κ2) is 8.69. The molecule has 3 nitrogen and oxygen atoms in total. The number of hydrogen-bond acceptors (Lipinski definition) is 3. The minimum Gasteiger partial charge on any atom is -0.379 e. The van der Waals surface area contributed by atoms with E-state index in [4.69, 9.17) is 4.74 Å². The first-order valence-corrected chi connectivity index (χ1v) is 7.89. The first-order chi connectivity index (χ1) is 9.34. The monoisotopic (exact) mass is 326 g/mol. The molecule has 0 aromatic heterocycles. The molecular formula is C15H23BrN2O. The molecule has 0 spiro atoms. The molecule has 0 bridgehead atoms. The van der Waals surface area contributed by atoms with Gasteiger partial charge in [0.15, 0.2) is 0 Å². The van der Waals surface area contributed by atoms with Gasteiger partial charge in [-0.05, 0) is 50.2 Å². The summed E-state index contributed by atoms with van der Waals surface area (Å²) in [5, 5.41) is 3.52. The topological polar surface area (TPSA) is 24.5 Å². The summed E-state index contributed by atoms with van der Waals surface area (Å²) in [6, 6.07) is 8.53. The number of nitrogens with zero attached hydrogens (tertiary/aromatic N) is 1. The summed E-state index contributed by atoms with van der Waals surface area (Å²) in [6.07, 6.45) is 2.31. The summed E-state index contributed by atoms with van der Waals surface area (Å²) < 4.78 is 6.51. The standard InChI is InChI=1S/C15H23BrN2O/c16-15-4-1-3-14(13-15)5-7-17-6-2-8-18-9-11-19-12-10-18/h1,3-4,13,17H,2,5-12H2. The molecule has 1 aromatic rings. The van der Waals surface area contributed by atoms with Gasteiger partial charge >= 0.3 is 0 Å². The zero-order valence-electron chi connectivity index (χ0n) is 11.4. The molecule has 0 amide bonds. The number of benzene rings is 1.